The Morgan fingerprint density at radius 1 is 1.35 bits per heavy atom. The lowest BCUT2D eigenvalue weighted by atomic mass is 10.1. The van der Waals surface area contributed by atoms with Crippen LogP contribution in [0.1, 0.15) is 24.9 Å². The van der Waals surface area contributed by atoms with E-state index >= 15 is 0 Å². The van der Waals surface area contributed by atoms with Gasteiger partial charge in [-0.15, -0.1) is 0 Å². The molecule has 2 N–H and O–H groups in total. The van der Waals surface area contributed by atoms with Crippen molar-refractivity contribution in [1.82, 2.24) is 4.90 Å². The average molecular weight is 233 g/mol. The number of likely N-dealkylation sites (N-methyl/N-ethyl adjacent to an activating group) is 1. The monoisotopic (exact) mass is 233 g/mol. The minimum absolute atomic E-state index is 0.101. The van der Waals surface area contributed by atoms with Crippen molar-refractivity contribution < 1.29 is 0 Å². The Hall–Kier alpha value is -1.06. The summed E-state index contributed by atoms with van der Waals surface area (Å²) in [5.41, 5.74) is 8.61. The Kier molecular flexibility index (Phi) is 3.69. The van der Waals surface area contributed by atoms with Crippen molar-refractivity contribution in [2.45, 2.75) is 25.4 Å². The van der Waals surface area contributed by atoms with Gasteiger partial charge in [-0.3, -0.25) is 0 Å². The second kappa shape index (κ2) is 5.07. The van der Waals surface area contributed by atoms with Crippen molar-refractivity contribution in [3.05, 3.63) is 29.8 Å². The fraction of sp³-hybridized carbons (Fsp3) is 0.571. The maximum Gasteiger partial charge on any atom is 0.0415 e. The average Bonchev–Trinajstić information content (AvgIpc) is 2.78. The number of nitrogens with zero attached hydrogens (tertiary/aromatic N) is 2. The summed E-state index contributed by atoms with van der Waals surface area (Å²) in [4.78, 5) is 4.78. The van der Waals surface area contributed by atoms with Gasteiger partial charge in [-0.1, -0.05) is 18.2 Å². The molecule has 1 aliphatic heterocycles. The van der Waals surface area contributed by atoms with Gasteiger partial charge in [0.2, 0.25) is 0 Å². The summed E-state index contributed by atoms with van der Waals surface area (Å²) in [5, 5.41) is 0. The molecular weight excluding hydrogens is 210 g/mol. The molecule has 1 aromatic carbocycles. The lowest BCUT2D eigenvalue weighted by molar-refractivity contribution is 0.315. The van der Waals surface area contributed by atoms with E-state index < -0.39 is 0 Å². The maximum atomic E-state index is 6.04. The number of benzene rings is 1. The molecule has 2 atom stereocenters. The zero-order chi connectivity index (χ0) is 12.4. The third kappa shape index (κ3) is 2.61. The van der Waals surface area contributed by atoms with E-state index in [1.54, 1.807) is 0 Å². The molecule has 0 amide bonds. The van der Waals surface area contributed by atoms with Crippen LogP contribution >= 0.6 is 0 Å². The number of para-hydroxylation sites is 1. The Morgan fingerprint density at radius 3 is 2.65 bits per heavy atom. The predicted octanol–water partition coefficient (Wildman–Crippen LogP) is 1.85. The standard InChI is InChI=1S/C14H23N3/c1-11(15)13-6-4-5-7-14(13)17-9-8-12(10-17)16(2)3/h4-7,11-12H,8-10,15H2,1-3H3/t11-,12?/m1/s1. The molecular formula is C14H23N3. The predicted molar refractivity (Wildman–Crippen MR) is 73.3 cm³/mol. The summed E-state index contributed by atoms with van der Waals surface area (Å²) in [6.07, 6.45) is 1.24. The van der Waals surface area contributed by atoms with Crippen molar-refractivity contribution in [3.8, 4) is 0 Å². The minimum atomic E-state index is 0.101. The van der Waals surface area contributed by atoms with Crippen LogP contribution in [-0.4, -0.2) is 38.1 Å². The van der Waals surface area contributed by atoms with Gasteiger partial charge in [0.15, 0.2) is 0 Å². The van der Waals surface area contributed by atoms with Crippen molar-refractivity contribution in [3.63, 3.8) is 0 Å². The quantitative estimate of drug-likeness (QED) is 0.864. The van der Waals surface area contributed by atoms with Gasteiger partial charge in [-0.25, -0.2) is 0 Å². The molecule has 1 fully saturated rings. The van der Waals surface area contributed by atoms with Crippen LogP contribution in [0.3, 0.4) is 0 Å². The van der Waals surface area contributed by atoms with Gasteiger partial charge in [0.25, 0.3) is 0 Å². The Bertz CT molecular complexity index is 373. The topological polar surface area (TPSA) is 32.5 Å². The molecule has 0 aromatic heterocycles. The van der Waals surface area contributed by atoms with Gasteiger partial charge in [0.05, 0.1) is 0 Å². The molecule has 2 rings (SSSR count). The number of anilines is 1. The summed E-state index contributed by atoms with van der Waals surface area (Å²) in [5.74, 6) is 0. The van der Waals surface area contributed by atoms with Crippen molar-refractivity contribution >= 4 is 5.69 Å². The van der Waals surface area contributed by atoms with E-state index in [1.807, 2.05) is 0 Å². The molecule has 1 heterocycles. The zero-order valence-corrected chi connectivity index (χ0v) is 11.1. The number of rotatable bonds is 3. The SMILES string of the molecule is C[C@@H](N)c1ccccc1N1CCC(N(C)C)C1. The third-order valence-electron chi connectivity index (χ3n) is 3.66. The first kappa shape index (κ1) is 12.4. The van der Waals surface area contributed by atoms with E-state index in [1.165, 1.54) is 17.7 Å². The third-order valence-corrected chi connectivity index (χ3v) is 3.66. The molecule has 1 unspecified atom stereocenters. The Morgan fingerprint density at radius 2 is 2.06 bits per heavy atom. The van der Waals surface area contributed by atoms with E-state index in [4.69, 9.17) is 5.73 Å². The van der Waals surface area contributed by atoms with E-state index in [-0.39, 0.29) is 6.04 Å². The van der Waals surface area contributed by atoms with E-state index in [0.29, 0.717) is 6.04 Å². The molecule has 1 aromatic rings. The number of hydrogen-bond acceptors (Lipinski definition) is 3. The van der Waals surface area contributed by atoms with Crippen molar-refractivity contribution in [2.24, 2.45) is 5.73 Å². The molecule has 0 aliphatic carbocycles. The lowest BCUT2D eigenvalue weighted by Gasteiger charge is -2.25. The van der Waals surface area contributed by atoms with E-state index in [9.17, 15) is 0 Å². The van der Waals surface area contributed by atoms with Gasteiger partial charge < -0.3 is 15.5 Å². The van der Waals surface area contributed by atoms with Crippen LogP contribution in [0, 0.1) is 0 Å². The van der Waals surface area contributed by atoms with Crippen LogP contribution < -0.4 is 10.6 Å². The molecule has 17 heavy (non-hydrogen) atoms. The number of nitrogens with two attached hydrogens (primary N) is 1. The molecule has 0 saturated carbocycles. The lowest BCUT2D eigenvalue weighted by Crippen LogP contribution is -2.32. The highest BCUT2D eigenvalue weighted by Crippen LogP contribution is 2.28. The Labute approximate surface area is 104 Å². The first-order valence-corrected chi connectivity index (χ1v) is 6.35. The van der Waals surface area contributed by atoms with Crippen LogP contribution in [0.2, 0.25) is 0 Å². The second-order valence-corrected chi connectivity index (χ2v) is 5.20. The molecule has 1 saturated heterocycles. The summed E-state index contributed by atoms with van der Waals surface area (Å²) in [6.45, 7) is 4.29. The molecule has 3 nitrogen and oxygen atoms in total. The highest BCUT2D eigenvalue weighted by molar-refractivity contribution is 5.55. The van der Waals surface area contributed by atoms with Crippen LogP contribution in [0.25, 0.3) is 0 Å². The fourth-order valence-corrected chi connectivity index (χ4v) is 2.54. The summed E-state index contributed by atoms with van der Waals surface area (Å²) in [7, 11) is 4.32. The second-order valence-electron chi connectivity index (χ2n) is 5.20. The summed E-state index contributed by atoms with van der Waals surface area (Å²) < 4.78 is 0. The van der Waals surface area contributed by atoms with E-state index in [0.717, 1.165) is 13.1 Å². The van der Waals surface area contributed by atoms with Gasteiger partial charge in [0, 0.05) is 30.9 Å². The van der Waals surface area contributed by atoms with Crippen LogP contribution in [0.5, 0.6) is 0 Å². The van der Waals surface area contributed by atoms with Gasteiger partial charge in [0.1, 0.15) is 0 Å². The maximum absolute atomic E-state index is 6.04. The van der Waals surface area contributed by atoms with Crippen molar-refractivity contribution in [2.75, 3.05) is 32.1 Å². The smallest absolute Gasteiger partial charge is 0.0415 e. The first-order chi connectivity index (χ1) is 8.09. The molecule has 0 radical (unpaired) electrons. The molecule has 0 spiro atoms. The highest BCUT2D eigenvalue weighted by atomic mass is 15.2. The summed E-state index contributed by atoms with van der Waals surface area (Å²) >= 11 is 0. The van der Waals surface area contributed by atoms with Gasteiger partial charge in [-0.05, 0) is 39.1 Å². The van der Waals surface area contributed by atoms with Crippen LogP contribution in [-0.2, 0) is 0 Å². The van der Waals surface area contributed by atoms with E-state index in [2.05, 4.69) is 55.1 Å². The van der Waals surface area contributed by atoms with Crippen LogP contribution in [0.15, 0.2) is 24.3 Å². The summed E-state index contributed by atoms with van der Waals surface area (Å²) in [6, 6.07) is 9.27. The fourth-order valence-electron chi connectivity index (χ4n) is 2.54. The first-order valence-electron chi connectivity index (χ1n) is 6.35. The van der Waals surface area contributed by atoms with Crippen molar-refractivity contribution in [1.29, 1.82) is 0 Å². The molecule has 3 heteroatoms. The normalized spacial score (nSPS) is 22.2. The minimum Gasteiger partial charge on any atom is -0.370 e. The Balaban J connectivity index is 2.18. The van der Waals surface area contributed by atoms with Crippen LogP contribution in [0.4, 0.5) is 5.69 Å². The molecule has 0 bridgehead atoms. The number of hydrogen-bond donors (Lipinski definition) is 1. The zero-order valence-electron chi connectivity index (χ0n) is 11.1. The highest BCUT2D eigenvalue weighted by Gasteiger charge is 2.25. The van der Waals surface area contributed by atoms with Gasteiger partial charge >= 0.3 is 0 Å². The largest absolute Gasteiger partial charge is 0.370 e. The molecule has 94 valence electrons. The molecule has 1 aliphatic rings. The van der Waals surface area contributed by atoms with Gasteiger partial charge in [-0.2, -0.15) is 0 Å².